The van der Waals surface area contributed by atoms with Gasteiger partial charge >= 0.3 is 0 Å². The molecule has 1 heterocycles. The maximum Gasteiger partial charge on any atom is 0.258 e. The number of rotatable bonds is 7. The third-order valence-electron chi connectivity index (χ3n) is 3.47. The van der Waals surface area contributed by atoms with Crippen LogP contribution in [0.1, 0.15) is 20.3 Å². The van der Waals surface area contributed by atoms with E-state index in [4.69, 9.17) is 9.47 Å². The number of fused-ring (bicyclic) bond motifs is 1. The summed E-state index contributed by atoms with van der Waals surface area (Å²) in [6.45, 7) is 6.09. The fraction of sp³-hybridized carbons (Fsp3) is 0.471. The van der Waals surface area contributed by atoms with Gasteiger partial charge in [0.1, 0.15) is 5.75 Å². The number of ether oxygens (including phenoxy) is 2. The van der Waals surface area contributed by atoms with E-state index < -0.39 is 0 Å². The van der Waals surface area contributed by atoms with Gasteiger partial charge in [0.25, 0.3) is 5.56 Å². The first kappa shape index (κ1) is 15.6. The lowest BCUT2D eigenvalue weighted by Crippen LogP contribution is -2.21. The highest BCUT2D eigenvalue weighted by molar-refractivity contribution is 5.87. The summed E-state index contributed by atoms with van der Waals surface area (Å²) in [5.41, 5.74) is -0.00106. The summed E-state index contributed by atoms with van der Waals surface area (Å²) in [7, 11) is 1.63. The molecule has 0 fully saturated rings. The molecule has 2 rings (SSSR count). The highest BCUT2D eigenvalue weighted by Gasteiger charge is 2.07. The van der Waals surface area contributed by atoms with Crippen LogP contribution >= 0.6 is 0 Å². The van der Waals surface area contributed by atoms with Gasteiger partial charge in [0.15, 0.2) is 0 Å². The first-order chi connectivity index (χ1) is 10.1. The summed E-state index contributed by atoms with van der Waals surface area (Å²) >= 11 is 0. The van der Waals surface area contributed by atoms with Gasteiger partial charge in [-0.15, -0.1) is 0 Å². The molecule has 1 aromatic heterocycles. The topological polar surface area (TPSA) is 40.5 Å². The zero-order valence-electron chi connectivity index (χ0n) is 13.0. The number of methoxy groups -OCH3 is 1. The van der Waals surface area contributed by atoms with Crippen molar-refractivity contribution >= 4 is 10.8 Å². The molecule has 0 saturated carbocycles. The van der Waals surface area contributed by atoms with Crippen molar-refractivity contribution in [2.75, 3.05) is 20.3 Å². The van der Waals surface area contributed by atoms with Gasteiger partial charge in [-0.05, 0) is 30.5 Å². The van der Waals surface area contributed by atoms with E-state index in [2.05, 4.69) is 13.8 Å². The van der Waals surface area contributed by atoms with E-state index in [0.29, 0.717) is 31.1 Å². The molecule has 0 aliphatic rings. The van der Waals surface area contributed by atoms with Crippen molar-refractivity contribution in [1.29, 1.82) is 0 Å². The van der Waals surface area contributed by atoms with Crippen LogP contribution in [0.5, 0.6) is 5.75 Å². The Morgan fingerprint density at radius 2 is 1.95 bits per heavy atom. The van der Waals surface area contributed by atoms with Gasteiger partial charge in [-0.2, -0.15) is 0 Å². The van der Waals surface area contributed by atoms with Gasteiger partial charge in [0.2, 0.25) is 0 Å². The number of hydrogen-bond acceptors (Lipinski definition) is 3. The maximum atomic E-state index is 12.4. The van der Waals surface area contributed by atoms with E-state index in [-0.39, 0.29) is 5.56 Å². The van der Waals surface area contributed by atoms with Gasteiger partial charge < -0.3 is 14.0 Å². The zero-order valence-corrected chi connectivity index (χ0v) is 13.0. The van der Waals surface area contributed by atoms with E-state index in [1.54, 1.807) is 17.9 Å². The van der Waals surface area contributed by atoms with Crippen molar-refractivity contribution in [2.45, 2.75) is 26.8 Å². The van der Waals surface area contributed by atoms with Crippen LogP contribution in [0.15, 0.2) is 35.3 Å². The van der Waals surface area contributed by atoms with Crippen LogP contribution in [0.3, 0.4) is 0 Å². The molecule has 0 saturated heterocycles. The summed E-state index contributed by atoms with van der Waals surface area (Å²) in [5, 5.41) is 1.57. The average Bonchev–Trinajstić information content (AvgIpc) is 2.47. The Morgan fingerprint density at radius 1 is 1.14 bits per heavy atom. The van der Waals surface area contributed by atoms with Crippen molar-refractivity contribution in [3.8, 4) is 5.75 Å². The van der Waals surface area contributed by atoms with Crippen LogP contribution in [-0.4, -0.2) is 24.9 Å². The predicted molar refractivity (Wildman–Crippen MR) is 85.0 cm³/mol. The number of benzene rings is 1. The van der Waals surface area contributed by atoms with Crippen LogP contribution in [-0.2, 0) is 11.3 Å². The lowest BCUT2D eigenvalue weighted by molar-refractivity contribution is 0.186. The van der Waals surface area contributed by atoms with E-state index >= 15 is 0 Å². The Kier molecular flexibility index (Phi) is 5.39. The minimum absolute atomic E-state index is 0.00106. The van der Waals surface area contributed by atoms with Crippen molar-refractivity contribution in [3.05, 3.63) is 40.8 Å². The molecule has 0 radical (unpaired) electrons. The minimum Gasteiger partial charge on any atom is -0.493 e. The summed E-state index contributed by atoms with van der Waals surface area (Å²) < 4.78 is 12.5. The molecule has 0 atom stereocenters. The smallest absolute Gasteiger partial charge is 0.258 e. The minimum atomic E-state index is -0.00106. The third kappa shape index (κ3) is 3.85. The third-order valence-corrected chi connectivity index (χ3v) is 3.47. The van der Waals surface area contributed by atoms with Crippen LogP contribution in [0.25, 0.3) is 10.8 Å². The number of hydrogen-bond donors (Lipinski definition) is 0. The van der Waals surface area contributed by atoms with E-state index in [9.17, 15) is 4.79 Å². The second kappa shape index (κ2) is 7.27. The zero-order chi connectivity index (χ0) is 15.2. The Morgan fingerprint density at radius 3 is 2.67 bits per heavy atom. The van der Waals surface area contributed by atoms with Crippen LogP contribution in [0.4, 0.5) is 0 Å². The molecule has 0 aliphatic heterocycles. The second-order valence-electron chi connectivity index (χ2n) is 5.56. The van der Waals surface area contributed by atoms with Crippen LogP contribution < -0.4 is 10.3 Å². The number of nitrogens with zero attached hydrogens (tertiary/aromatic N) is 1. The predicted octanol–water partition coefficient (Wildman–Crippen LogP) is 3.07. The maximum absolute atomic E-state index is 12.4. The Balaban J connectivity index is 2.29. The van der Waals surface area contributed by atoms with Crippen LogP contribution in [0, 0.1) is 5.92 Å². The van der Waals surface area contributed by atoms with Crippen molar-refractivity contribution in [1.82, 2.24) is 4.57 Å². The molecule has 0 amide bonds. The monoisotopic (exact) mass is 289 g/mol. The molecule has 1 aromatic carbocycles. The largest absolute Gasteiger partial charge is 0.493 e. The van der Waals surface area contributed by atoms with Gasteiger partial charge in [0, 0.05) is 25.2 Å². The van der Waals surface area contributed by atoms with Gasteiger partial charge in [-0.25, -0.2) is 0 Å². The summed E-state index contributed by atoms with van der Waals surface area (Å²) in [4.78, 5) is 12.4. The number of aromatic nitrogens is 1. The highest BCUT2D eigenvalue weighted by atomic mass is 16.5. The summed E-state index contributed by atoms with van der Waals surface area (Å²) in [6.07, 6.45) is 2.81. The molecule has 0 spiro atoms. The quantitative estimate of drug-likeness (QED) is 0.786. The van der Waals surface area contributed by atoms with Crippen molar-refractivity contribution < 1.29 is 9.47 Å². The van der Waals surface area contributed by atoms with Gasteiger partial charge in [-0.1, -0.05) is 19.9 Å². The SMILES string of the molecule is COCCn1ccc2c(OCCC(C)C)cccc2c1=O. The molecule has 0 bridgehead atoms. The molecule has 0 aliphatic carbocycles. The highest BCUT2D eigenvalue weighted by Crippen LogP contribution is 2.23. The van der Waals surface area contributed by atoms with Gasteiger partial charge in [-0.3, -0.25) is 4.79 Å². The Labute approximate surface area is 125 Å². The summed E-state index contributed by atoms with van der Waals surface area (Å²) in [5.74, 6) is 1.38. The van der Waals surface area contributed by atoms with Crippen molar-refractivity contribution in [3.63, 3.8) is 0 Å². The lowest BCUT2D eigenvalue weighted by atomic mass is 10.1. The standard InChI is InChI=1S/C17H23NO3/c1-13(2)8-11-21-16-6-4-5-15-14(16)7-9-18(17(15)19)10-12-20-3/h4-7,9,13H,8,10-12H2,1-3H3. The van der Waals surface area contributed by atoms with Crippen LogP contribution in [0.2, 0.25) is 0 Å². The Hall–Kier alpha value is -1.81. The lowest BCUT2D eigenvalue weighted by Gasteiger charge is -2.12. The Bertz CT molecular complexity index is 646. The molecule has 21 heavy (non-hydrogen) atoms. The molecular weight excluding hydrogens is 266 g/mol. The first-order valence-corrected chi connectivity index (χ1v) is 7.37. The molecule has 4 nitrogen and oxygen atoms in total. The van der Waals surface area contributed by atoms with Gasteiger partial charge in [0.05, 0.1) is 18.6 Å². The second-order valence-corrected chi connectivity index (χ2v) is 5.56. The van der Waals surface area contributed by atoms with Crippen molar-refractivity contribution in [2.24, 2.45) is 5.92 Å². The molecule has 114 valence electrons. The fourth-order valence-electron chi connectivity index (χ4n) is 2.19. The average molecular weight is 289 g/mol. The molecule has 0 unspecified atom stereocenters. The van der Waals surface area contributed by atoms with E-state index in [1.165, 1.54) is 0 Å². The molecule has 2 aromatic rings. The fourth-order valence-corrected chi connectivity index (χ4v) is 2.19. The first-order valence-electron chi connectivity index (χ1n) is 7.37. The summed E-state index contributed by atoms with van der Waals surface area (Å²) in [6, 6.07) is 7.57. The van der Waals surface area contributed by atoms with E-state index in [1.807, 2.05) is 24.3 Å². The van der Waals surface area contributed by atoms with E-state index in [0.717, 1.165) is 17.6 Å². The molecule has 4 heteroatoms. The molecular formula is C17H23NO3. The number of pyridine rings is 1. The molecule has 0 N–H and O–H groups in total. The normalized spacial score (nSPS) is 11.2.